The van der Waals surface area contributed by atoms with Crippen LogP contribution in [-0.4, -0.2) is 43.2 Å². The number of benzene rings is 1. The second kappa shape index (κ2) is 11.7. The molecule has 1 heterocycles. The molecule has 1 saturated heterocycles. The van der Waals surface area contributed by atoms with E-state index in [9.17, 15) is 4.79 Å². The molecule has 1 aromatic rings. The molecule has 1 amide bonds. The van der Waals surface area contributed by atoms with Crippen molar-refractivity contribution in [2.24, 2.45) is 5.73 Å². The predicted octanol–water partition coefficient (Wildman–Crippen LogP) is 2.82. The fourth-order valence-electron chi connectivity index (χ4n) is 2.81. The molecule has 1 aromatic carbocycles. The zero-order valence-electron chi connectivity index (χ0n) is 14.4. The third-order valence-corrected chi connectivity index (χ3v) is 4.23. The number of nitrogens with zero attached hydrogens (tertiary/aromatic N) is 1. The van der Waals surface area contributed by atoms with Gasteiger partial charge in [0.25, 0.3) is 0 Å². The van der Waals surface area contributed by atoms with Crippen molar-refractivity contribution in [2.75, 3.05) is 25.6 Å². The first-order valence-electron chi connectivity index (χ1n) is 7.98. The number of hydrogen-bond acceptors (Lipinski definition) is 4. The van der Waals surface area contributed by atoms with E-state index >= 15 is 0 Å². The Labute approximate surface area is 157 Å². The van der Waals surface area contributed by atoms with Crippen molar-refractivity contribution < 1.29 is 9.53 Å². The number of anilines is 1. The zero-order valence-corrected chi connectivity index (χ0v) is 16.0. The minimum atomic E-state index is -0.640. The molecule has 3 N–H and O–H groups in total. The fourth-order valence-corrected chi connectivity index (χ4v) is 2.81. The number of carbonyl (C=O) groups is 1. The summed E-state index contributed by atoms with van der Waals surface area (Å²) >= 11 is 0. The van der Waals surface area contributed by atoms with Gasteiger partial charge in [-0.2, -0.15) is 0 Å². The van der Waals surface area contributed by atoms with Crippen LogP contribution in [-0.2, 0) is 16.1 Å². The van der Waals surface area contributed by atoms with Gasteiger partial charge < -0.3 is 15.8 Å². The molecule has 1 aliphatic heterocycles. The van der Waals surface area contributed by atoms with Crippen molar-refractivity contribution in [2.45, 2.75) is 44.8 Å². The molecule has 2 unspecified atom stereocenters. The van der Waals surface area contributed by atoms with E-state index in [2.05, 4.69) is 29.3 Å². The smallest absolute Gasteiger partial charge is 0.243 e. The van der Waals surface area contributed by atoms with Crippen molar-refractivity contribution in [3.8, 4) is 0 Å². The molecule has 0 saturated carbocycles. The van der Waals surface area contributed by atoms with E-state index in [0.717, 1.165) is 12.2 Å². The van der Waals surface area contributed by atoms with Gasteiger partial charge in [0.15, 0.2) is 0 Å². The third-order valence-electron chi connectivity index (χ3n) is 4.23. The number of rotatable bonds is 6. The van der Waals surface area contributed by atoms with Crippen LogP contribution >= 0.6 is 24.8 Å². The number of hydrogen-bond donors (Lipinski definition) is 2. The first kappa shape index (κ1) is 23.1. The van der Waals surface area contributed by atoms with Gasteiger partial charge in [0.2, 0.25) is 5.91 Å². The summed E-state index contributed by atoms with van der Waals surface area (Å²) in [5.41, 5.74) is 7.74. The minimum absolute atomic E-state index is 0. The lowest BCUT2D eigenvalue weighted by atomic mass is 10.0. The summed E-state index contributed by atoms with van der Waals surface area (Å²) in [6.45, 7) is 4.66. The molecular formula is C17H29Cl2N3O2. The summed E-state index contributed by atoms with van der Waals surface area (Å²) in [4.78, 5) is 14.3. The standard InChI is InChI=1S/C17H27N3O2.2ClH/c1-13-5-3-4-10-20(13)11-14-6-8-15(9-7-14)19-17(21)16(18)12-22-2;;/h6-9,13,16H,3-5,10-12,18H2,1-2H3,(H,19,21);2*1H. The van der Waals surface area contributed by atoms with Crippen LogP contribution in [0.5, 0.6) is 0 Å². The Morgan fingerprint density at radius 3 is 2.58 bits per heavy atom. The van der Waals surface area contributed by atoms with E-state index in [1.165, 1.54) is 38.5 Å². The Morgan fingerprint density at radius 1 is 1.33 bits per heavy atom. The summed E-state index contributed by atoms with van der Waals surface area (Å²) in [6.07, 6.45) is 3.91. The highest BCUT2D eigenvalue weighted by molar-refractivity contribution is 5.94. The van der Waals surface area contributed by atoms with E-state index in [0.29, 0.717) is 6.04 Å². The lowest BCUT2D eigenvalue weighted by Gasteiger charge is -2.33. The van der Waals surface area contributed by atoms with Crippen LogP contribution in [0.2, 0.25) is 0 Å². The minimum Gasteiger partial charge on any atom is -0.383 e. The van der Waals surface area contributed by atoms with Gasteiger partial charge in [0, 0.05) is 25.4 Å². The second-order valence-corrected chi connectivity index (χ2v) is 6.06. The van der Waals surface area contributed by atoms with Crippen LogP contribution in [0.15, 0.2) is 24.3 Å². The molecule has 138 valence electrons. The molecule has 24 heavy (non-hydrogen) atoms. The average Bonchev–Trinajstić information content (AvgIpc) is 2.51. The molecule has 0 aromatic heterocycles. The Morgan fingerprint density at radius 2 is 2.00 bits per heavy atom. The maximum atomic E-state index is 11.8. The average molecular weight is 378 g/mol. The van der Waals surface area contributed by atoms with Gasteiger partial charge >= 0.3 is 0 Å². The molecule has 5 nitrogen and oxygen atoms in total. The van der Waals surface area contributed by atoms with Gasteiger partial charge in [-0.25, -0.2) is 0 Å². The largest absolute Gasteiger partial charge is 0.383 e. The van der Waals surface area contributed by atoms with Gasteiger partial charge in [-0.15, -0.1) is 24.8 Å². The molecule has 1 fully saturated rings. The van der Waals surface area contributed by atoms with Crippen LogP contribution < -0.4 is 11.1 Å². The van der Waals surface area contributed by atoms with E-state index in [4.69, 9.17) is 10.5 Å². The predicted molar refractivity (Wildman–Crippen MR) is 103 cm³/mol. The van der Waals surface area contributed by atoms with Crippen molar-refractivity contribution in [3.63, 3.8) is 0 Å². The molecule has 0 spiro atoms. The van der Waals surface area contributed by atoms with Gasteiger partial charge in [-0.05, 0) is 44.0 Å². The first-order chi connectivity index (χ1) is 10.6. The zero-order chi connectivity index (χ0) is 15.9. The Balaban J connectivity index is 0.00000264. The lowest BCUT2D eigenvalue weighted by Crippen LogP contribution is -2.39. The highest BCUT2D eigenvalue weighted by atomic mass is 35.5. The van der Waals surface area contributed by atoms with Gasteiger partial charge in [0.1, 0.15) is 6.04 Å². The van der Waals surface area contributed by atoms with Crippen molar-refractivity contribution in [1.29, 1.82) is 0 Å². The van der Waals surface area contributed by atoms with Crippen molar-refractivity contribution in [3.05, 3.63) is 29.8 Å². The van der Waals surface area contributed by atoms with Crippen LogP contribution in [0.1, 0.15) is 31.7 Å². The number of piperidine rings is 1. The number of nitrogens with two attached hydrogens (primary N) is 1. The van der Waals surface area contributed by atoms with Crippen molar-refractivity contribution >= 4 is 36.4 Å². The maximum Gasteiger partial charge on any atom is 0.243 e. The number of amides is 1. The topological polar surface area (TPSA) is 67.6 Å². The van der Waals surface area contributed by atoms with Crippen LogP contribution in [0.4, 0.5) is 5.69 Å². The summed E-state index contributed by atoms with van der Waals surface area (Å²) < 4.78 is 4.88. The maximum absolute atomic E-state index is 11.8. The normalized spacial score (nSPS) is 18.9. The van der Waals surface area contributed by atoms with Crippen LogP contribution in [0.25, 0.3) is 0 Å². The van der Waals surface area contributed by atoms with Crippen molar-refractivity contribution in [1.82, 2.24) is 4.90 Å². The molecule has 7 heteroatoms. The summed E-state index contributed by atoms with van der Waals surface area (Å²) in [5, 5.41) is 2.81. The van der Waals surface area contributed by atoms with E-state index in [1.54, 1.807) is 0 Å². The van der Waals surface area contributed by atoms with Gasteiger partial charge in [-0.1, -0.05) is 18.6 Å². The summed E-state index contributed by atoms with van der Waals surface area (Å²) in [6, 6.07) is 8.01. The lowest BCUT2D eigenvalue weighted by molar-refractivity contribution is -0.118. The molecule has 0 aliphatic carbocycles. The fraction of sp³-hybridized carbons (Fsp3) is 0.588. The van der Waals surface area contributed by atoms with Crippen LogP contribution in [0, 0.1) is 0 Å². The number of methoxy groups -OCH3 is 1. The quantitative estimate of drug-likeness (QED) is 0.799. The van der Waals surface area contributed by atoms with E-state index in [-0.39, 0.29) is 37.3 Å². The monoisotopic (exact) mass is 377 g/mol. The summed E-state index contributed by atoms with van der Waals surface area (Å²) in [7, 11) is 1.53. The van der Waals surface area contributed by atoms with Gasteiger partial charge in [-0.3, -0.25) is 9.69 Å². The number of carbonyl (C=O) groups excluding carboxylic acids is 1. The molecule has 2 rings (SSSR count). The number of halogens is 2. The number of likely N-dealkylation sites (tertiary alicyclic amines) is 1. The molecule has 0 radical (unpaired) electrons. The highest BCUT2D eigenvalue weighted by Crippen LogP contribution is 2.20. The third kappa shape index (κ3) is 6.95. The Kier molecular flexibility index (Phi) is 11.2. The van der Waals surface area contributed by atoms with E-state index < -0.39 is 6.04 Å². The number of nitrogens with one attached hydrogen (secondary N) is 1. The molecule has 2 atom stereocenters. The Bertz CT molecular complexity index is 485. The van der Waals surface area contributed by atoms with Gasteiger partial charge in [0.05, 0.1) is 6.61 Å². The molecule has 1 aliphatic rings. The second-order valence-electron chi connectivity index (χ2n) is 6.06. The first-order valence-corrected chi connectivity index (χ1v) is 7.98. The SMILES string of the molecule is COCC(N)C(=O)Nc1ccc(CN2CCCCC2C)cc1.Cl.Cl. The Hall–Kier alpha value is -0.850. The number of ether oxygens (including phenoxy) is 1. The van der Waals surface area contributed by atoms with E-state index in [1.807, 2.05) is 12.1 Å². The summed E-state index contributed by atoms with van der Waals surface area (Å²) in [5.74, 6) is -0.223. The highest BCUT2D eigenvalue weighted by Gasteiger charge is 2.18. The molecule has 0 bridgehead atoms. The molecular weight excluding hydrogens is 349 g/mol. The van der Waals surface area contributed by atoms with Crippen LogP contribution in [0.3, 0.4) is 0 Å².